The molecule has 0 unspecified atom stereocenters. The second-order valence-electron chi connectivity index (χ2n) is 7.96. The number of alkyl halides is 3. The van der Waals surface area contributed by atoms with Gasteiger partial charge in [0, 0.05) is 18.7 Å². The fraction of sp³-hybridized carbons (Fsp3) is 0.238. The second kappa shape index (κ2) is 8.07. The van der Waals surface area contributed by atoms with Crippen molar-refractivity contribution in [2.75, 3.05) is 12.4 Å². The summed E-state index contributed by atoms with van der Waals surface area (Å²) in [5.41, 5.74) is 0.574. The van der Waals surface area contributed by atoms with Gasteiger partial charge in [-0.25, -0.2) is 19.7 Å². The Labute approximate surface area is 194 Å². The minimum Gasteiger partial charge on any atom is -0.358 e. The van der Waals surface area contributed by atoms with Crippen LogP contribution in [0.4, 0.5) is 23.8 Å². The SMILES string of the molecule is C[C@@H](NC(=O)c1ncnc2c1CN(C)C(=O)N2)c1cc(-c2nc3ccc(C(F)(F)F)cc3[nH]2)no1. The van der Waals surface area contributed by atoms with Gasteiger partial charge in [0.25, 0.3) is 5.91 Å². The van der Waals surface area contributed by atoms with Crippen LogP contribution in [0.2, 0.25) is 0 Å². The van der Waals surface area contributed by atoms with E-state index >= 15 is 0 Å². The number of urea groups is 1. The maximum Gasteiger partial charge on any atom is 0.416 e. The molecule has 0 radical (unpaired) electrons. The van der Waals surface area contributed by atoms with Gasteiger partial charge in [0.2, 0.25) is 0 Å². The molecular weight excluding hydrogens is 469 g/mol. The molecule has 5 rings (SSSR count). The van der Waals surface area contributed by atoms with E-state index in [9.17, 15) is 22.8 Å². The Morgan fingerprint density at radius 3 is 2.83 bits per heavy atom. The molecule has 1 aromatic carbocycles. The fourth-order valence-corrected chi connectivity index (χ4v) is 3.62. The van der Waals surface area contributed by atoms with Crippen molar-refractivity contribution in [2.24, 2.45) is 0 Å². The number of rotatable bonds is 4. The zero-order chi connectivity index (χ0) is 24.9. The van der Waals surface area contributed by atoms with Gasteiger partial charge < -0.3 is 19.7 Å². The Morgan fingerprint density at radius 2 is 2.06 bits per heavy atom. The summed E-state index contributed by atoms with van der Waals surface area (Å²) in [4.78, 5) is 41.2. The van der Waals surface area contributed by atoms with Crippen LogP contribution < -0.4 is 10.6 Å². The van der Waals surface area contributed by atoms with Crippen LogP contribution in [0.15, 0.2) is 35.1 Å². The van der Waals surface area contributed by atoms with Crippen molar-refractivity contribution < 1.29 is 27.3 Å². The number of carbonyl (C=O) groups excluding carboxylic acids is 2. The van der Waals surface area contributed by atoms with Crippen molar-refractivity contribution >= 4 is 28.8 Å². The number of aromatic amines is 1. The number of imidazole rings is 1. The number of benzene rings is 1. The molecule has 4 aromatic rings. The summed E-state index contributed by atoms with van der Waals surface area (Å²) in [5, 5.41) is 9.26. The Morgan fingerprint density at radius 1 is 1.26 bits per heavy atom. The monoisotopic (exact) mass is 486 g/mol. The van der Waals surface area contributed by atoms with E-state index in [1.54, 1.807) is 14.0 Å². The molecule has 1 aliphatic rings. The third kappa shape index (κ3) is 4.13. The first-order valence-electron chi connectivity index (χ1n) is 10.3. The van der Waals surface area contributed by atoms with E-state index in [0.717, 1.165) is 12.1 Å². The lowest BCUT2D eigenvalue weighted by Crippen LogP contribution is -2.38. The highest BCUT2D eigenvalue weighted by atomic mass is 19.4. The molecule has 0 spiro atoms. The van der Waals surface area contributed by atoms with Gasteiger partial charge in [-0.05, 0) is 25.1 Å². The van der Waals surface area contributed by atoms with E-state index in [-0.39, 0.29) is 46.9 Å². The summed E-state index contributed by atoms with van der Waals surface area (Å²) in [6.07, 6.45) is -3.29. The molecule has 11 nitrogen and oxygen atoms in total. The first-order valence-corrected chi connectivity index (χ1v) is 10.3. The largest absolute Gasteiger partial charge is 0.416 e. The van der Waals surface area contributed by atoms with Crippen molar-refractivity contribution in [3.63, 3.8) is 0 Å². The number of nitrogens with one attached hydrogen (secondary N) is 3. The zero-order valence-corrected chi connectivity index (χ0v) is 18.3. The number of amides is 3. The molecule has 0 aliphatic carbocycles. The van der Waals surface area contributed by atoms with Crippen LogP contribution in [0.25, 0.3) is 22.6 Å². The van der Waals surface area contributed by atoms with E-state index in [1.807, 2.05) is 0 Å². The second-order valence-corrected chi connectivity index (χ2v) is 7.96. The number of fused-ring (bicyclic) bond motifs is 2. The van der Waals surface area contributed by atoms with Crippen LogP contribution in [-0.2, 0) is 12.7 Å². The van der Waals surface area contributed by atoms with E-state index < -0.39 is 23.7 Å². The van der Waals surface area contributed by atoms with Gasteiger partial charge in [-0.1, -0.05) is 5.16 Å². The lowest BCUT2D eigenvalue weighted by Gasteiger charge is -2.26. The number of hydrogen-bond acceptors (Lipinski definition) is 7. The number of carbonyl (C=O) groups is 2. The average Bonchev–Trinajstić information content (AvgIpc) is 3.45. The molecule has 180 valence electrons. The molecule has 35 heavy (non-hydrogen) atoms. The number of hydrogen-bond donors (Lipinski definition) is 3. The van der Waals surface area contributed by atoms with Crippen LogP contribution in [0.5, 0.6) is 0 Å². The molecular formula is C21H17F3N8O3. The molecule has 14 heteroatoms. The van der Waals surface area contributed by atoms with Gasteiger partial charge in [0.15, 0.2) is 11.6 Å². The number of H-pyrrole nitrogens is 1. The number of nitrogens with zero attached hydrogens (tertiary/aromatic N) is 5. The number of anilines is 1. The predicted molar refractivity (Wildman–Crippen MR) is 115 cm³/mol. The van der Waals surface area contributed by atoms with Crippen LogP contribution in [-0.4, -0.2) is 49.0 Å². The average molecular weight is 486 g/mol. The van der Waals surface area contributed by atoms with Gasteiger partial charge in [-0.15, -0.1) is 0 Å². The van der Waals surface area contributed by atoms with Gasteiger partial charge in [0.05, 0.1) is 29.2 Å². The molecule has 1 aliphatic heterocycles. The quantitative estimate of drug-likeness (QED) is 0.401. The molecule has 0 saturated carbocycles. The number of halogens is 3. The molecule has 3 N–H and O–H groups in total. The molecule has 0 saturated heterocycles. The van der Waals surface area contributed by atoms with Gasteiger partial charge >= 0.3 is 12.2 Å². The highest BCUT2D eigenvalue weighted by Crippen LogP contribution is 2.32. The van der Waals surface area contributed by atoms with E-state index in [1.165, 1.54) is 23.4 Å². The minimum absolute atomic E-state index is 0.103. The Kier molecular flexibility index (Phi) is 5.15. The third-order valence-electron chi connectivity index (χ3n) is 5.48. The van der Waals surface area contributed by atoms with E-state index in [4.69, 9.17) is 4.52 Å². The summed E-state index contributed by atoms with van der Waals surface area (Å²) in [6.45, 7) is 1.83. The highest BCUT2D eigenvalue weighted by molar-refractivity contribution is 5.98. The number of aromatic nitrogens is 5. The van der Waals surface area contributed by atoms with Crippen molar-refractivity contribution in [3.8, 4) is 11.5 Å². The van der Waals surface area contributed by atoms with Gasteiger partial charge in [-0.3, -0.25) is 10.1 Å². The van der Waals surface area contributed by atoms with Crippen LogP contribution >= 0.6 is 0 Å². The van der Waals surface area contributed by atoms with Crippen LogP contribution in [0, 0.1) is 0 Å². The Bertz CT molecular complexity index is 1460. The minimum atomic E-state index is -4.47. The van der Waals surface area contributed by atoms with Crippen molar-refractivity contribution in [3.05, 3.63) is 53.2 Å². The first-order chi connectivity index (χ1) is 16.6. The van der Waals surface area contributed by atoms with Gasteiger partial charge in [-0.2, -0.15) is 13.2 Å². The van der Waals surface area contributed by atoms with E-state index in [2.05, 4.69) is 35.7 Å². The van der Waals surface area contributed by atoms with Crippen molar-refractivity contribution in [2.45, 2.75) is 25.7 Å². The molecule has 3 amide bonds. The topological polar surface area (TPSA) is 142 Å². The third-order valence-corrected chi connectivity index (χ3v) is 5.48. The summed E-state index contributed by atoms with van der Waals surface area (Å²) in [5.74, 6) is 0.262. The maximum absolute atomic E-state index is 13.0. The first kappa shape index (κ1) is 22.3. The fourth-order valence-electron chi connectivity index (χ4n) is 3.62. The van der Waals surface area contributed by atoms with Crippen molar-refractivity contribution in [1.82, 2.24) is 35.3 Å². The summed E-state index contributed by atoms with van der Waals surface area (Å²) in [6, 6.07) is 3.74. The summed E-state index contributed by atoms with van der Waals surface area (Å²) in [7, 11) is 1.58. The van der Waals surface area contributed by atoms with Gasteiger partial charge in [0.1, 0.15) is 23.5 Å². The molecule has 3 aromatic heterocycles. The Hall–Kier alpha value is -4.49. The smallest absolute Gasteiger partial charge is 0.358 e. The zero-order valence-electron chi connectivity index (χ0n) is 18.3. The summed E-state index contributed by atoms with van der Waals surface area (Å²) >= 11 is 0. The predicted octanol–water partition coefficient (Wildman–Crippen LogP) is 3.50. The van der Waals surface area contributed by atoms with Crippen LogP contribution in [0.3, 0.4) is 0 Å². The maximum atomic E-state index is 13.0. The molecule has 1 atom stereocenters. The molecule has 0 bridgehead atoms. The molecule has 4 heterocycles. The molecule has 0 fully saturated rings. The lowest BCUT2D eigenvalue weighted by molar-refractivity contribution is -0.137. The summed E-state index contributed by atoms with van der Waals surface area (Å²) < 4.78 is 44.2. The highest BCUT2D eigenvalue weighted by Gasteiger charge is 2.31. The Balaban J connectivity index is 1.35. The van der Waals surface area contributed by atoms with Crippen LogP contribution in [0.1, 0.15) is 40.3 Å². The normalized spacial score (nSPS) is 14.5. The standard InChI is InChI=1S/C21H17F3N8O3/c1-9(27-19(33)16-11-7-32(2)20(34)30-17(11)26-8-25-16)15-6-14(31-35-15)18-28-12-4-3-10(21(22,23)24)5-13(12)29-18/h3-6,8-9H,7H2,1-2H3,(H,27,33)(H,28,29)(H,25,26,30,34)/t9-/m1/s1. The van der Waals surface area contributed by atoms with Crippen molar-refractivity contribution in [1.29, 1.82) is 0 Å². The lowest BCUT2D eigenvalue weighted by atomic mass is 10.1. The van der Waals surface area contributed by atoms with E-state index in [0.29, 0.717) is 11.1 Å².